The summed E-state index contributed by atoms with van der Waals surface area (Å²) in [5.41, 5.74) is 2.82. The lowest BCUT2D eigenvalue weighted by Gasteiger charge is -2.28. The Labute approximate surface area is 130 Å². The number of hydrogen-bond acceptors (Lipinski definition) is 4. The second-order valence-corrected chi connectivity index (χ2v) is 5.99. The third kappa shape index (κ3) is 3.36. The van der Waals surface area contributed by atoms with Gasteiger partial charge in [0, 0.05) is 23.7 Å². The highest BCUT2D eigenvalue weighted by Crippen LogP contribution is 2.20. The number of carbonyl (C=O) groups excluding carboxylic acids is 1. The van der Waals surface area contributed by atoms with E-state index in [2.05, 4.69) is 22.7 Å². The lowest BCUT2D eigenvalue weighted by Crippen LogP contribution is -2.46. The maximum atomic E-state index is 12.3. The van der Waals surface area contributed by atoms with E-state index >= 15 is 0 Å². The maximum absolute atomic E-state index is 12.3. The Bertz CT molecular complexity index is 648. The van der Waals surface area contributed by atoms with Gasteiger partial charge >= 0.3 is 0 Å². The zero-order chi connectivity index (χ0) is 15.5. The van der Waals surface area contributed by atoms with Gasteiger partial charge in [0.05, 0.1) is 0 Å². The van der Waals surface area contributed by atoms with Crippen LogP contribution in [0.1, 0.15) is 35.9 Å². The first-order chi connectivity index (χ1) is 10.6. The van der Waals surface area contributed by atoms with Crippen LogP contribution in [0.5, 0.6) is 0 Å². The van der Waals surface area contributed by atoms with Crippen LogP contribution in [0.4, 0.5) is 0 Å². The standard InChI is InChI=1S/C17H21N3O2/c1-11-3-5-13(6-4-11)15-10-16(22-20-15)17(21)19-14-7-8-18-12(2)9-14/h3-6,10,12,14,18H,7-9H2,1-2H3,(H,19,21). The van der Waals surface area contributed by atoms with Gasteiger partial charge in [-0.05, 0) is 33.2 Å². The molecule has 1 aromatic carbocycles. The van der Waals surface area contributed by atoms with Crippen LogP contribution < -0.4 is 10.6 Å². The molecule has 0 spiro atoms. The topological polar surface area (TPSA) is 67.2 Å². The van der Waals surface area contributed by atoms with Crippen LogP contribution in [0.3, 0.4) is 0 Å². The van der Waals surface area contributed by atoms with Crippen molar-refractivity contribution in [1.82, 2.24) is 15.8 Å². The molecule has 2 atom stereocenters. The summed E-state index contributed by atoms with van der Waals surface area (Å²) >= 11 is 0. The van der Waals surface area contributed by atoms with Crippen molar-refractivity contribution in [3.63, 3.8) is 0 Å². The normalized spacial score (nSPS) is 21.5. The summed E-state index contributed by atoms with van der Waals surface area (Å²) in [7, 11) is 0. The number of aromatic nitrogens is 1. The molecule has 1 saturated heterocycles. The molecule has 3 rings (SSSR count). The fourth-order valence-corrected chi connectivity index (χ4v) is 2.76. The second-order valence-electron chi connectivity index (χ2n) is 5.99. The number of carbonyl (C=O) groups is 1. The molecule has 1 aliphatic heterocycles. The summed E-state index contributed by atoms with van der Waals surface area (Å²) in [6.45, 7) is 5.09. The van der Waals surface area contributed by atoms with Gasteiger partial charge in [-0.15, -0.1) is 0 Å². The van der Waals surface area contributed by atoms with Gasteiger partial charge in [-0.25, -0.2) is 0 Å². The van der Waals surface area contributed by atoms with E-state index in [1.807, 2.05) is 31.2 Å². The highest BCUT2D eigenvalue weighted by molar-refractivity contribution is 5.92. The van der Waals surface area contributed by atoms with Gasteiger partial charge in [0.25, 0.3) is 5.91 Å². The van der Waals surface area contributed by atoms with Crippen molar-refractivity contribution in [3.8, 4) is 11.3 Å². The smallest absolute Gasteiger partial charge is 0.290 e. The minimum atomic E-state index is -0.190. The molecule has 5 heteroatoms. The maximum Gasteiger partial charge on any atom is 0.290 e. The first-order valence-electron chi connectivity index (χ1n) is 7.70. The summed E-state index contributed by atoms with van der Waals surface area (Å²) in [6, 6.07) is 10.3. The predicted molar refractivity (Wildman–Crippen MR) is 84.6 cm³/mol. The van der Waals surface area contributed by atoms with E-state index in [1.54, 1.807) is 6.07 Å². The molecule has 0 radical (unpaired) electrons. The summed E-state index contributed by atoms with van der Waals surface area (Å²) in [5, 5.41) is 10.4. The molecule has 2 N–H and O–H groups in total. The lowest BCUT2D eigenvalue weighted by atomic mass is 10.0. The van der Waals surface area contributed by atoms with E-state index in [-0.39, 0.29) is 17.7 Å². The number of benzene rings is 1. The Morgan fingerprint density at radius 3 is 2.86 bits per heavy atom. The van der Waals surface area contributed by atoms with Gasteiger partial charge in [-0.1, -0.05) is 35.0 Å². The van der Waals surface area contributed by atoms with Crippen LogP contribution in [0.15, 0.2) is 34.9 Å². The minimum absolute atomic E-state index is 0.190. The minimum Gasteiger partial charge on any atom is -0.350 e. The highest BCUT2D eigenvalue weighted by atomic mass is 16.5. The number of rotatable bonds is 3. The molecule has 116 valence electrons. The number of amides is 1. The number of hydrogen-bond donors (Lipinski definition) is 2. The van der Waals surface area contributed by atoms with Crippen molar-refractivity contribution in [2.45, 2.75) is 38.8 Å². The number of piperidine rings is 1. The molecular formula is C17H21N3O2. The fourth-order valence-electron chi connectivity index (χ4n) is 2.76. The molecule has 1 aromatic heterocycles. The molecular weight excluding hydrogens is 278 g/mol. The molecule has 0 saturated carbocycles. The zero-order valence-electron chi connectivity index (χ0n) is 12.9. The first-order valence-corrected chi connectivity index (χ1v) is 7.70. The van der Waals surface area contributed by atoms with Crippen LogP contribution in [0, 0.1) is 6.92 Å². The average molecular weight is 299 g/mol. The van der Waals surface area contributed by atoms with Gasteiger partial charge in [0.1, 0.15) is 5.69 Å². The Morgan fingerprint density at radius 1 is 1.36 bits per heavy atom. The zero-order valence-corrected chi connectivity index (χ0v) is 12.9. The van der Waals surface area contributed by atoms with Crippen LogP contribution in [-0.4, -0.2) is 29.7 Å². The third-order valence-electron chi connectivity index (χ3n) is 4.04. The molecule has 2 unspecified atom stereocenters. The van der Waals surface area contributed by atoms with Crippen molar-refractivity contribution < 1.29 is 9.32 Å². The number of aryl methyl sites for hydroxylation is 1. The average Bonchev–Trinajstić information content (AvgIpc) is 2.98. The van der Waals surface area contributed by atoms with Gasteiger partial charge in [-0.2, -0.15) is 0 Å². The molecule has 2 heterocycles. The van der Waals surface area contributed by atoms with Crippen molar-refractivity contribution in [1.29, 1.82) is 0 Å². The van der Waals surface area contributed by atoms with Gasteiger partial charge in [0.2, 0.25) is 5.76 Å². The molecule has 5 nitrogen and oxygen atoms in total. The van der Waals surface area contributed by atoms with Crippen molar-refractivity contribution >= 4 is 5.91 Å². The van der Waals surface area contributed by atoms with Crippen molar-refractivity contribution in [2.75, 3.05) is 6.54 Å². The number of nitrogens with one attached hydrogen (secondary N) is 2. The van der Waals surface area contributed by atoms with E-state index in [4.69, 9.17) is 4.52 Å². The second kappa shape index (κ2) is 6.32. The molecule has 2 aromatic rings. The molecule has 0 aliphatic carbocycles. The lowest BCUT2D eigenvalue weighted by molar-refractivity contribution is 0.0888. The Hall–Kier alpha value is -2.14. The van der Waals surface area contributed by atoms with Gasteiger partial charge in [0.15, 0.2) is 0 Å². The monoisotopic (exact) mass is 299 g/mol. The van der Waals surface area contributed by atoms with Crippen LogP contribution in [0.25, 0.3) is 11.3 Å². The Kier molecular flexibility index (Phi) is 4.24. The predicted octanol–water partition coefficient (Wildman–Crippen LogP) is 2.52. The summed E-state index contributed by atoms with van der Waals surface area (Å²) in [6.07, 6.45) is 1.87. The van der Waals surface area contributed by atoms with Gasteiger partial charge in [-0.3, -0.25) is 4.79 Å². The quantitative estimate of drug-likeness (QED) is 0.914. The summed E-state index contributed by atoms with van der Waals surface area (Å²) in [4.78, 5) is 12.3. The van der Waals surface area contributed by atoms with E-state index in [9.17, 15) is 4.79 Å². The van der Waals surface area contributed by atoms with E-state index in [1.165, 1.54) is 5.56 Å². The van der Waals surface area contributed by atoms with E-state index < -0.39 is 0 Å². The Morgan fingerprint density at radius 2 is 2.14 bits per heavy atom. The molecule has 22 heavy (non-hydrogen) atoms. The van der Waals surface area contributed by atoms with Crippen LogP contribution in [0.2, 0.25) is 0 Å². The molecule has 1 amide bonds. The number of nitrogens with zero attached hydrogens (tertiary/aromatic N) is 1. The first kappa shape index (κ1) is 14.8. The van der Waals surface area contributed by atoms with Gasteiger partial charge < -0.3 is 15.2 Å². The highest BCUT2D eigenvalue weighted by Gasteiger charge is 2.22. The Balaban J connectivity index is 1.67. The summed E-state index contributed by atoms with van der Waals surface area (Å²) in [5.74, 6) is 0.0757. The molecule has 0 bridgehead atoms. The summed E-state index contributed by atoms with van der Waals surface area (Å²) < 4.78 is 5.20. The van der Waals surface area contributed by atoms with Crippen LogP contribution >= 0.6 is 0 Å². The SMILES string of the molecule is Cc1ccc(-c2cc(C(=O)NC3CCNC(C)C3)on2)cc1. The van der Waals surface area contributed by atoms with E-state index in [0.717, 1.165) is 24.9 Å². The van der Waals surface area contributed by atoms with Crippen molar-refractivity contribution in [2.24, 2.45) is 0 Å². The largest absolute Gasteiger partial charge is 0.350 e. The van der Waals surface area contributed by atoms with E-state index in [0.29, 0.717) is 11.7 Å². The van der Waals surface area contributed by atoms with Crippen LogP contribution in [-0.2, 0) is 0 Å². The van der Waals surface area contributed by atoms with Crippen molar-refractivity contribution in [3.05, 3.63) is 41.7 Å². The fraction of sp³-hybridized carbons (Fsp3) is 0.412. The third-order valence-corrected chi connectivity index (χ3v) is 4.04. The molecule has 1 fully saturated rings. The molecule has 1 aliphatic rings.